The third kappa shape index (κ3) is 3.66. The highest BCUT2D eigenvalue weighted by Gasteiger charge is 2.10. The van der Waals surface area contributed by atoms with Gasteiger partial charge >= 0.3 is 0 Å². The lowest BCUT2D eigenvalue weighted by atomic mass is 10.0. The van der Waals surface area contributed by atoms with Gasteiger partial charge in [0.1, 0.15) is 0 Å². The first kappa shape index (κ1) is 15.2. The second-order valence-electron chi connectivity index (χ2n) is 5.04. The third-order valence-corrected chi connectivity index (χ3v) is 3.17. The lowest BCUT2D eigenvalue weighted by Gasteiger charge is -2.10. The number of nitrogens with one attached hydrogen (secondary N) is 2. The molecule has 0 aliphatic carbocycles. The Balaban J connectivity index is 2.09. The van der Waals surface area contributed by atoms with Crippen LogP contribution in [0.25, 0.3) is 0 Å². The molecule has 21 heavy (non-hydrogen) atoms. The lowest BCUT2D eigenvalue weighted by Crippen LogP contribution is -2.13. The van der Waals surface area contributed by atoms with Gasteiger partial charge in [0.05, 0.1) is 0 Å². The molecule has 0 bridgehead atoms. The smallest absolute Gasteiger partial charge is 0.178 e. The maximum Gasteiger partial charge on any atom is 0.178 e. The number of rotatable bonds is 5. The van der Waals surface area contributed by atoms with Crippen molar-refractivity contribution in [1.29, 1.82) is 0 Å². The van der Waals surface area contributed by atoms with Gasteiger partial charge in [-0.3, -0.25) is 0 Å². The Labute approximate surface area is 122 Å². The number of hydrogen-bond donors (Lipinski definition) is 3. The molecule has 6 heteroatoms. The highest BCUT2D eigenvalue weighted by Crippen LogP contribution is 2.19. The molecule has 0 amide bonds. The van der Waals surface area contributed by atoms with E-state index in [0.717, 1.165) is 11.6 Å². The van der Waals surface area contributed by atoms with Crippen LogP contribution in [0.5, 0.6) is 0 Å². The van der Waals surface area contributed by atoms with E-state index in [1.54, 1.807) is 0 Å². The van der Waals surface area contributed by atoms with Crippen LogP contribution in [0.4, 0.5) is 20.4 Å². The second kappa shape index (κ2) is 6.49. The van der Waals surface area contributed by atoms with Crippen molar-refractivity contribution in [2.75, 3.05) is 10.7 Å². The minimum atomic E-state index is -0.832. The molecular weight excluding hydrogens is 274 g/mol. The van der Waals surface area contributed by atoms with Crippen molar-refractivity contribution in [3.63, 3.8) is 0 Å². The van der Waals surface area contributed by atoms with Crippen LogP contribution in [0.2, 0.25) is 0 Å². The minimum absolute atomic E-state index is 0.0442. The Kier molecular flexibility index (Phi) is 4.70. The SMILES string of the molecule is CC(C)c1ccc(CNc2nc(NN)c(F)cc2F)cc1. The predicted octanol–water partition coefficient (Wildman–Crippen LogP) is 3.38. The van der Waals surface area contributed by atoms with Crippen LogP contribution in [0.15, 0.2) is 30.3 Å². The second-order valence-corrected chi connectivity index (χ2v) is 5.04. The molecule has 0 saturated carbocycles. The molecule has 0 aliphatic rings. The average molecular weight is 292 g/mol. The Hall–Kier alpha value is -2.21. The molecule has 0 fully saturated rings. The van der Waals surface area contributed by atoms with Crippen molar-refractivity contribution in [2.45, 2.75) is 26.3 Å². The van der Waals surface area contributed by atoms with Crippen molar-refractivity contribution in [3.05, 3.63) is 53.1 Å². The number of anilines is 2. The van der Waals surface area contributed by atoms with Crippen molar-refractivity contribution in [3.8, 4) is 0 Å². The summed E-state index contributed by atoms with van der Waals surface area (Å²) in [5.41, 5.74) is 4.30. The van der Waals surface area contributed by atoms with E-state index in [-0.39, 0.29) is 11.6 Å². The van der Waals surface area contributed by atoms with Gasteiger partial charge in [-0.25, -0.2) is 19.6 Å². The molecule has 2 aromatic rings. The van der Waals surface area contributed by atoms with Crippen LogP contribution in [0.1, 0.15) is 30.9 Å². The quantitative estimate of drug-likeness (QED) is 0.584. The molecule has 0 atom stereocenters. The molecule has 0 radical (unpaired) electrons. The molecule has 1 aromatic heterocycles. The average Bonchev–Trinajstić information content (AvgIpc) is 2.47. The standard InChI is InChI=1S/C15H18F2N4/c1-9(2)11-5-3-10(4-6-11)8-19-14-12(16)7-13(17)15(20-14)21-18/h3-7,9H,8,18H2,1-2H3,(H2,19,20,21). The van der Waals surface area contributed by atoms with Gasteiger partial charge in [0.25, 0.3) is 0 Å². The Morgan fingerprint density at radius 2 is 1.71 bits per heavy atom. The van der Waals surface area contributed by atoms with Crippen LogP contribution in [0, 0.1) is 11.6 Å². The highest BCUT2D eigenvalue weighted by atomic mass is 19.1. The number of benzene rings is 1. The molecule has 2 rings (SSSR count). The summed E-state index contributed by atoms with van der Waals surface area (Å²) in [6.45, 7) is 4.62. The third-order valence-electron chi connectivity index (χ3n) is 3.17. The summed E-state index contributed by atoms with van der Waals surface area (Å²) < 4.78 is 26.8. The van der Waals surface area contributed by atoms with E-state index in [0.29, 0.717) is 12.5 Å². The number of nitrogen functional groups attached to an aromatic ring is 1. The summed E-state index contributed by atoms with van der Waals surface area (Å²) in [4.78, 5) is 3.75. The molecule has 0 aliphatic heterocycles. The summed E-state index contributed by atoms with van der Waals surface area (Å²) in [6, 6.07) is 8.73. The van der Waals surface area contributed by atoms with Crippen molar-refractivity contribution in [1.82, 2.24) is 4.98 Å². The van der Waals surface area contributed by atoms with E-state index >= 15 is 0 Å². The molecule has 4 N–H and O–H groups in total. The van der Waals surface area contributed by atoms with Gasteiger partial charge in [0.15, 0.2) is 23.3 Å². The van der Waals surface area contributed by atoms with Gasteiger partial charge in [-0.1, -0.05) is 38.1 Å². The van der Waals surface area contributed by atoms with Crippen molar-refractivity contribution >= 4 is 11.6 Å². The topological polar surface area (TPSA) is 63.0 Å². The van der Waals surface area contributed by atoms with Crippen LogP contribution in [-0.4, -0.2) is 4.98 Å². The lowest BCUT2D eigenvalue weighted by molar-refractivity contribution is 0.578. The van der Waals surface area contributed by atoms with Crippen molar-refractivity contribution in [2.24, 2.45) is 5.84 Å². The maximum atomic E-state index is 13.6. The predicted molar refractivity (Wildman–Crippen MR) is 79.8 cm³/mol. The zero-order valence-corrected chi connectivity index (χ0v) is 12.0. The summed E-state index contributed by atoms with van der Waals surface area (Å²) in [5.74, 6) is 3.74. The fourth-order valence-electron chi connectivity index (χ4n) is 1.90. The van der Waals surface area contributed by atoms with Gasteiger partial charge in [-0.2, -0.15) is 0 Å². The van der Waals surface area contributed by atoms with Crippen LogP contribution < -0.4 is 16.6 Å². The van der Waals surface area contributed by atoms with E-state index in [2.05, 4.69) is 29.6 Å². The fraction of sp³-hybridized carbons (Fsp3) is 0.267. The van der Waals surface area contributed by atoms with Crippen molar-refractivity contribution < 1.29 is 8.78 Å². The summed E-state index contributed by atoms with van der Waals surface area (Å²) >= 11 is 0. The molecule has 1 heterocycles. The maximum absolute atomic E-state index is 13.6. The van der Waals surface area contributed by atoms with E-state index in [1.807, 2.05) is 24.3 Å². The first-order valence-electron chi connectivity index (χ1n) is 6.66. The number of halogens is 2. The van der Waals surface area contributed by atoms with Gasteiger partial charge in [-0.05, 0) is 17.0 Å². The van der Waals surface area contributed by atoms with Crippen LogP contribution in [0.3, 0.4) is 0 Å². The summed E-state index contributed by atoms with van der Waals surface area (Å²) in [6.07, 6.45) is 0. The number of hydrogen-bond acceptors (Lipinski definition) is 4. The molecule has 0 unspecified atom stereocenters. The van der Waals surface area contributed by atoms with E-state index in [9.17, 15) is 8.78 Å². The molecule has 1 aromatic carbocycles. The highest BCUT2D eigenvalue weighted by molar-refractivity contribution is 5.47. The van der Waals surface area contributed by atoms with Gasteiger partial charge in [0, 0.05) is 12.6 Å². The zero-order chi connectivity index (χ0) is 15.4. The molecular formula is C15H18F2N4. The fourth-order valence-corrected chi connectivity index (χ4v) is 1.90. The van der Waals surface area contributed by atoms with E-state index in [1.165, 1.54) is 5.56 Å². The Bertz CT molecular complexity index is 612. The minimum Gasteiger partial charge on any atom is -0.363 e. The monoisotopic (exact) mass is 292 g/mol. The molecule has 0 spiro atoms. The van der Waals surface area contributed by atoms with Crippen LogP contribution >= 0.6 is 0 Å². The summed E-state index contributed by atoms with van der Waals surface area (Å²) in [7, 11) is 0. The van der Waals surface area contributed by atoms with Gasteiger partial charge in [0.2, 0.25) is 0 Å². The zero-order valence-electron chi connectivity index (χ0n) is 12.0. The number of aromatic nitrogens is 1. The Morgan fingerprint density at radius 3 is 2.29 bits per heavy atom. The molecule has 112 valence electrons. The van der Waals surface area contributed by atoms with E-state index < -0.39 is 11.6 Å². The number of nitrogens with two attached hydrogens (primary N) is 1. The normalized spacial score (nSPS) is 10.8. The van der Waals surface area contributed by atoms with E-state index in [4.69, 9.17) is 5.84 Å². The largest absolute Gasteiger partial charge is 0.363 e. The number of hydrazine groups is 1. The van der Waals surface area contributed by atoms with Gasteiger partial charge < -0.3 is 10.7 Å². The number of nitrogens with zero attached hydrogens (tertiary/aromatic N) is 1. The van der Waals surface area contributed by atoms with Gasteiger partial charge in [-0.15, -0.1) is 0 Å². The number of pyridine rings is 1. The first-order chi connectivity index (χ1) is 10.0. The van der Waals surface area contributed by atoms with Crippen LogP contribution in [-0.2, 0) is 6.54 Å². The molecule has 4 nitrogen and oxygen atoms in total. The first-order valence-corrected chi connectivity index (χ1v) is 6.66. The summed E-state index contributed by atoms with van der Waals surface area (Å²) in [5, 5.41) is 2.83. The molecule has 0 saturated heterocycles. The Morgan fingerprint density at radius 1 is 1.10 bits per heavy atom.